The number of para-hydroxylation sites is 1. The molecule has 31 heavy (non-hydrogen) atoms. The van der Waals surface area contributed by atoms with Crippen molar-refractivity contribution in [2.45, 2.75) is 46.1 Å². The van der Waals surface area contributed by atoms with Gasteiger partial charge in [-0.2, -0.15) is 0 Å². The lowest BCUT2D eigenvalue weighted by Crippen LogP contribution is -2.50. The number of carbonyl (C=O) groups is 1. The minimum Gasteiger partial charge on any atom is -0.491 e. The quantitative estimate of drug-likeness (QED) is 0.522. The van der Waals surface area contributed by atoms with Crippen molar-refractivity contribution in [1.82, 2.24) is 5.32 Å². The van der Waals surface area contributed by atoms with Crippen LogP contribution in [0, 0.1) is 6.92 Å². The van der Waals surface area contributed by atoms with E-state index in [4.69, 9.17) is 16.3 Å². The summed E-state index contributed by atoms with van der Waals surface area (Å²) in [4.78, 5) is 12.9. The maximum atomic E-state index is 12.9. The van der Waals surface area contributed by atoms with E-state index in [9.17, 15) is 13.2 Å². The zero-order chi connectivity index (χ0) is 23.2. The summed E-state index contributed by atoms with van der Waals surface area (Å²) in [6.45, 7) is 8.32. The van der Waals surface area contributed by atoms with Gasteiger partial charge < -0.3 is 10.1 Å². The average Bonchev–Trinajstić information content (AvgIpc) is 2.70. The molecule has 0 bridgehead atoms. The first kappa shape index (κ1) is 25.0. The number of rotatable bonds is 10. The van der Waals surface area contributed by atoms with Crippen molar-refractivity contribution in [3.05, 3.63) is 58.6 Å². The number of amides is 1. The second-order valence-corrected chi connectivity index (χ2v) is 10.0. The summed E-state index contributed by atoms with van der Waals surface area (Å²) in [5.41, 5.74) is 2.29. The maximum absolute atomic E-state index is 12.9. The van der Waals surface area contributed by atoms with Crippen molar-refractivity contribution >= 4 is 33.2 Å². The highest BCUT2D eigenvalue weighted by atomic mass is 35.5. The number of sulfonamides is 1. The van der Waals surface area contributed by atoms with Gasteiger partial charge in [0.25, 0.3) is 0 Å². The number of ether oxygens (including phenoxy) is 1. The predicted octanol–water partition coefficient (Wildman–Crippen LogP) is 4.51. The Bertz CT molecular complexity index is 1010. The molecule has 8 heteroatoms. The van der Waals surface area contributed by atoms with E-state index in [0.29, 0.717) is 23.0 Å². The van der Waals surface area contributed by atoms with Crippen molar-refractivity contribution in [1.29, 1.82) is 0 Å². The molecule has 0 fully saturated rings. The van der Waals surface area contributed by atoms with Gasteiger partial charge in [-0.3, -0.25) is 9.10 Å². The number of anilines is 1. The van der Waals surface area contributed by atoms with E-state index in [1.807, 2.05) is 31.2 Å². The van der Waals surface area contributed by atoms with Gasteiger partial charge in [0, 0.05) is 5.02 Å². The van der Waals surface area contributed by atoms with E-state index < -0.39 is 16.1 Å². The highest BCUT2D eigenvalue weighted by Crippen LogP contribution is 2.28. The number of nitrogens with one attached hydrogen (secondary N) is 1. The van der Waals surface area contributed by atoms with Gasteiger partial charge in [-0.15, -0.1) is 0 Å². The van der Waals surface area contributed by atoms with E-state index in [0.717, 1.165) is 27.4 Å². The third-order valence-electron chi connectivity index (χ3n) is 4.94. The molecule has 1 N–H and O–H groups in total. The number of nitrogens with zero attached hydrogens (tertiary/aromatic N) is 1. The molecular weight excluding hydrogens is 436 g/mol. The predicted molar refractivity (Wildman–Crippen MR) is 127 cm³/mol. The number of hydrogen-bond donors (Lipinski definition) is 1. The highest BCUT2D eigenvalue weighted by molar-refractivity contribution is 7.92. The number of benzene rings is 2. The monoisotopic (exact) mass is 466 g/mol. The second kappa shape index (κ2) is 10.9. The molecule has 0 aliphatic carbocycles. The van der Waals surface area contributed by atoms with Crippen molar-refractivity contribution in [2.75, 3.05) is 23.7 Å². The van der Waals surface area contributed by atoms with Crippen LogP contribution in [0.5, 0.6) is 5.75 Å². The molecule has 0 spiro atoms. The van der Waals surface area contributed by atoms with Crippen molar-refractivity contribution in [3.8, 4) is 5.75 Å². The van der Waals surface area contributed by atoms with Crippen LogP contribution in [-0.2, 0) is 14.8 Å². The van der Waals surface area contributed by atoms with Crippen molar-refractivity contribution < 1.29 is 17.9 Å². The molecule has 1 atom stereocenters. The zero-order valence-electron chi connectivity index (χ0n) is 18.7. The molecular formula is C23H31ClN2O4S. The molecule has 0 radical (unpaired) electrons. The summed E-state index contributed by atoms with van der Waals surface area (Å²) in [7, 11) is -3.71. The molecule has 0 unspecified atom stereocenters. The number of hydrogen-bond acceptors (Lipinski definition) is 4. The normalized spacial score (nSPS) is 12.5. The Morgan fingerprint density at radius 2 is 1.87 bits per heavy atom. The average molecular weight is 467 g/mol. The highest BCUT2D eigenvalue weighted by Gasteiger charge is 2.31. The molecule has 0 aromatic heterocycles. The second-order valence-electron chi connectivity index (χ2n) is 7.75. The Morgan fingerprint density at radius 3 is 2.45 bits per heavy atom. The number of carbonyl (C=O) groups excluding carboxylic acids is 1. The first-order valence-electron chi connectivity index (χ1n) is 10.3. The van der Waals surface area contributed by atoms with Gasteiger partial charge >= 0.3 is 0 Å². The summed E-state index contributed by atoms with van der Waals surface area (Å²) < 4.78 is 32.0. The fourth-order valence-corrected chi connectivity index (χ4v) is 4.70. The van der Waals surface area contributed by atoms with Crippen LogP contribution in [-0.4, -0.2) is 39.8 Å². The van der Waals surface area contributed by atoms with E-state index in [1.165, 1.54) is 0 Å². The lowest BCUT2D eigenvalue weighted by molar-refractivity contribution is -0.122. The van der Waals surface area contributed by atoms with Crippen molar-refractivity contribution in [2.24, 2.45) is 0 Å². The third-order valence-corrected chi connectivity index (χ3v) is 6.53. The van der Waals surface area contributed by atoms with Gasteiger partial charge in [0.05, 0.1) is 18.5 Å². The van der Waals surface area contributed by atoms with Crippen LogP contribution < -0.4 is 14.4 Å². The van der Waals surface area contributed by atoms with E-state index >= 15 is 0 Å². The molecule has 2 rings (SSSR count). The van der Waals surface area contributed by atoms with Crippen LogP contribution in [0.15, 0.2) is 42.5 Å². The molecule has 1 amide bonds. The van der Waals surface area contributed by atoms with Gasteiger partial charge in [0.2, 0.25) is 15.9 Å². The molecule has 0 aliphatic rings. The summed E-state index contributed by atoms with van der Waals surface area (Å²) in [6, 6.07) is 11.9. The van der Waals surface area contributed by atoms with Gasteiger partial charge in [-0.1, -0.05) is 56.6 Å². The lowest BCUT2D eigenvalue weighted by atomic mass is 10.0. The van der Waals surface area contributed by atoms with Crippen LogP contribution >= 0.6 is 11.6 Å². The number of halogens is 1. The van der Waals surface area contributed by atoms with E-state index in [1.54, 1.807) is 25.1 Å². The molecule has 0 aliphatic heterocycles. The largest absolute Gasteiger partial charge is 0.491 e. The Hall–Kier alpha value is -2.25. The van der Waals surface area contributed by atoms with Crippen LogP contribution in [0.3, 0.4) is 0 Å². The van der Waals surface area contributed by atoms with Crippen LogP contribution in [0.1, 0.15) is 44.2 Å². The fraction of sp³-hybridized carbons (Fsp3) is 0.435. The Labute approximate surface area is 190 Å². The molecule has 0 saturated heterocycles. The molecule has 0 saturated carbocycles. The van der Waals surface area contributed by atoms with Crippen LogP contribution in [0.25, 0.3) is 0 Å². The minimum absolute atomic E-state index is 0.258. The van der Waals surface area contributed by atoms with Gasteiger partial charge in [-0.25, -0.2) is 8.42 Å². The SMILES string of the molecule is CC[C@H](C(=O)NCCOc1ccccc1C(C)C)N(c1ccc(C)c(Cl)c1)S(C)(=O)=O. The van der Waals surface area contributed by atoms with Gasteiger partial charge in [0.1, 0.15) is 18.4 Å². The van der Waals surface area contributed by atoms with Crippen LogP contribution in [0.2, 0.25) is 5.02 Å². The Balaban J connectivity index is 2.09. The fourth-order valence-electron chi connectivity index (χ4n) is 3.32. The van der Waals surface area contributed by atoms with Crippen LogP contribution in [0.4, 0.5) is 5.69 Å². The number of aryl methyl sites for hydroxylation is 1. The summed E-state index contributed by atoms with van der Waals surface area (Å²) in [5.74, 6) is 0.719. The third kappa shape index (κ3) is 6.61. The first-order chi connectivity index (χ1) is 14.6. The van der Waals surface area contributed by atoms with E-state index in [-0.39, 0.29) is 19.1 Å². The maximum Gasteiger partial charge on any atom is 0.244 e. The summed E-state index contributed by atoms with van der Waals surface area (Å²) in [6.07, 6.45) is 1.39. The zero-order valence-corrected chi connectivity index (χ0v) is 20.3. The van der Waals surface area contributed by atoms with Gasteiger partial charge in [0.15, 0.2) is 0 Å². The smallest absolute Gasteiger partial charge is 0.244 e. The molecule has 170 valence electrons. The minimum atomic E-state index is -3.71. The molecule has 2 aromatic carbocycles. The summed E-state index contributed by atoms with van der Waals surface area (Å²) in [5, 5.41) is 3.24. The Morgan fingerprint density at radius 1 is 1.19 bits per heavy atom. The standard InChI is InChI=1S/C23H31ClN2O4S/c1-6-21(26(31(5,28)29)18-12-11-17(4)20(24)15-18)23(27)25-13-14-30-22-10-8-7-9-19(22)16(2)3/h7-12,15-16,21H,6,13-14H2,1-5H3,(H,25,27)/t21-/m1/s1. The lowest BCUT2D eigenvalue weighted by Gasteiger charge is -2.30. The van der Waals surface area contributed by atoms with Gasteiger partial charge in [-0.05, 0) is 48.6 Å². The topological polar surface area (TPSA) is 75.7 Å². The molecule has 2 aromatic rings. The summed E-state index contributed by atoms with van der Waals surface area (Å²) >= 11 is 6.19. The van der Waals surface area contributed by atoms with Crippen molar-refractivity contribution in [3.63, 3.8) is 0 Å². The van der Waals surface area contributed by atoms with E-state index in [2.05, 4.69) is 19.2 Å². The first-order valence-corrected chi connectivity index (χ1v) is 12.5. The Kier molecular flexibility index (Phi) is 8.77. The molecule has 0 heterocycles. The molecule has 6 nitrogen and oxygen atoms in total.